The van der Waals surface area contributed by atoms with Gasteiger partial charge in [0.25, 0.3) is 0 Å². The van der Waals surface area contributed by atoms with Crippen molar-refractivity contribution in [3.63, 3.8) is 0 Å². The normalized spacial score (nSPS) is 20.8. The number of pyridine rings is 1. The molecule has 82 valence electrons. The third kappa shape index (κ3) is 3.16. The van der Waals surface area contributed by atoms with E-state index in [-0.39, 0.29) is 11.9 Å². The Morgan fingerprint density at radius 1 is 1.67 bits per heavy atom. The maximum absolute atomic E-state index is 13.4. The molecule has 15 heavy (non-hydrogen) atoms. The van der Waals surface area contributed by atoms with Gasteiger partial charge in [0.1, 0.15) is 5.03 Å². The topological polar surface area (TPSA) is 22.1 Å². The SMILES string of the molecule is Fc1cc(Br)cnc1SCC1CCCO1. The molecule has 5 heteroatoms. The number of halogens is 2. The van der Waals surface area contributed by atoms with Crippen LogP contribution in [0.15, 0.2) is 21.8 Å². The molecule has 2 rings (SSSR count). The lowest BCUT2D eigenvalue weighted by Crippen LogP contribution is -2.08. The third-order valence-corrected chi connectivity index (χ3v) is 3.75. The molecule has 1 atom stereocenters. The van der Waals surface area contributed by atoms with Gasteiger partial charge in [0.15, 0.2) is 5.82 Å². The van der Waals surface area contributed by atoms with Crippen LogP contribution in [0.4, 0.5) is 4.39 Å². The average molecular weight is 292 g/mol. The molecule has 1 saturated heterocycles. The molecular weight excluding hydrogens is 281 g/mol. The standard InChI is InChI=1S/C10H11BrFNOS/c11-7-4-9(12)10(13-5-7)15-6-8-2-1-3-14-8/h4-5,8H,1-3,6H2. The molecule has 1 aliphatic rings. The van der Waals surface area contributed by atoms with E-state index in [2.05, 4.69) is 20.9 Å². The molecule has 0 amide bonds. The molecule has 0 N–H and O–H groups in total. The summed E-state index contributed by atoms with van der Waals surface area (Å²) in [5.74, 6) is 0.512. The molecule has 2 nitrogen and oxygen atoms in total. The molecule has 1 fully saturated rings. The van der Waals surface area contributed by atoms with Crippen LogP contribution in [0.2, 0.25) is 0 Å². The Kier molecular flexibility index (Phi) is 3.99. The van der Waals surface area contributed by atoms with E-state index < -0.39 is 0 Å². The van der Waals surface area contributed by atoms with Gasteiger partial charge >= 0.3 is 0 Å². The number of nitrogens with zero attached hydrogens (tertiary/aromatic N) is 1. The van der Waals surface area contributed by atoms with E-state index in [1.54, 1.807) is 6.20 Å². The second kappa shape index (κ2) is 5.27. The lowest BCUT2D eigenvalue weighted by atomic mass is 10.3. The van der Waals surface area contributed by atoms with Crippen molar-refractivity contribution in [3.8, 4) is 0 Å². The first kappa shape index (κ1) is 11.4. The Labute approximate surface area is 101 Å². The molecule has 1 aromatic heterocycles. The van der Waals surface area contributed by atoms with Crippen molar-refractivity contribution in [1.82, 2.24) is 4.98 Å². The summed E-state index contributed by atoms with van der Waals surface area (Å²) in [6, 6.07) is 1.44. The predicted octanol–water partition coefficient (Wildman–Crippen LogP) is 3.25. The second-order valence-corrected chi connectivity index (χ2v) is 5.31. The molecule has 1 unspecified atom stereocenters. The fourth-order valence-corrected chi connectivity index (χ4v) is 2.69. The van der Waals surface area contributed by atoms with E-state index in [4.69, 9.17) is 4.74 Å². The Bertz CT molecular complexity index is 344. The number of hydrogen-bond acceptors (Lipinski definition) is 3. The van der Waals surface area contributed by atoms with E-state index in [9.17, 15) is 4.39 Å². The molecule has 0 bridgehead atoms. The average Bonchev–Trinajstić information content (AvgIpc) is 2.69. The highest BCUT2D eigenvalue weighted by Gasteiger charge is 2.16. The van der Waals surface area contributed by atoms with Crippen molar-refractivity contribution >= 4 is 27.7 Å². The largest absolute Gasteiger partial charge is 0.377 e. The molecule has 0 aromatic carbocycles. The monoisotopic (exact) mass is 291 g/mol. The van der Waals surface area contributed by atoms with Crippen LogP contribution in [-0.4, -0.2) is 23.4 Å². The number of hydrogen-bond donors (Lipinski definition) is 0. The van der Waals surface area contributed by atoms with Gasteiger partial charge in [0.05, 0.1) is 6.10 Å². The van der Waals surface area contributed by atoms with Gasteiger partial charge in [-0.15, -0.1) is 11.8 Å². The van der Waals surface area contributed by atoms with Crippen molar-refractivity contribution in [1.29, 1.82) is 0 Å². The number of ether oxygens (including phenoxy) is 1. The molecule has 0 aliphatic carbocycles. The van der Waals surface area contributed by atoms with Crippen molar-refractivity contribution in [2.75, 3.05) is 12.4 Å². The van der Waals surface area contributed by atoms with Crippen molar-refractivity contribution in [3.05, 3.63) is 22.6 Å². The molecule has 0 radical (unpaired) electrons. The summed E-state index contributed by atoms with van der Waals surface area (Å²) in [6.07, 6.45) is 4.06. The highest BCUT2D eigenvalue weighted by atomic mass is 79.9. The van der Waals surface area contributed by atoms with E-state index in [0.717, 1.165) is 25.2 Å². The van der Waals surface area contributed by atoms with Gasteiger partial charge in [-0.05, 0) is 34.8 Å². The van der Waals surface area contributed by atoms with Gasteiger partial charge in [-0.25, -0.2) is 9.37 Å². The van der Waals surface area contributed by atoms with Gasteiger partial charge in [0.2, 0.25) is 0 Å². The molecule has 1 aromatic rings. The number of aromatic nitrogens is 1. The van der Waals surface area contributed by atoms with Gasteiger partial charge in [-0.3, -0.25) is 0 Å². The quantitative estimate of drug-likeness (QED) is 0.798. The Morgan fingerprint density at radius 2 is 2.53 bits per heavy atom. The van der Waals surface area contributed by atoms with Crippen LogP contribution in [0.3, 0.4) is 0 Å². The van der Waals surface area contributed by atoms with Crippen LogP contribution in [-0.2, 0) is 4.74 Å². The Hall–Kier alpha value is -0.130. The van der Waals surface area contributed by atoms with Crippen LogP contribution >= 0.6 is 27.7 Å². The van der Waals surface area contributed by atoms with Crippen molar-refractivity contribution in [2.24, 2.45) is 0 Å². The maximum atomic E-state index is 13.4. The van der Waals surface area contributed by atoms with Gasteiger partial charge in [-0.1, -0.05) is 0 Å². The zero-order chi connectivity index (χ0) is 10.7. The summed E-state index contributed by atoms with van der Waals surface area (Å²) in [5.41, 5.74) is 0. The minimum Gasteiger partial charge on any atom is -0.377 e. The predicted molar refractivity (Wildman–Crippen MR) is 61.6 cm³/mol. The van der Waals surface area contributed by atoms with E-state index >= 15 is 0 Å². The van der Waals surface area contributed by atoms with Crippen molar-refractivity contribution < 1.29 is 9.13 Å². The summed E-state index contributed by atoms with van der Waals surface area (Å²) in [6.45, 7) is 0.835. The first-order valence-electron chi connectivity index (χ1n) is 4.81. The van der Waals surface area contributed by atoms with Crippen LogP contribution in [0.1, 0.15) is 12.8 Å². The first-order valence-corrected chi connectivity index (χ1v) is 6.59. The lowest BCUT2D eigenvalue weighted by molar-refractivity contribution is 0.129. The van der Waals surface area contributed by atoms with E-state index in [1.165, 1.54) is 17.8 Å². The summed E-state index contributed by atoms with van der Waals surface area (Å²) in [4.78, 5) is 4.02. The fraction of sp³-hybridized carbons (Fsp3) is 0.500. The third-order valence-electron chi connectivity index (χ3n) is 2.20. The summed E-state index contributed by atoms with van der Waals surface area (Å²) < 4.78 is 19.5. The zero-order valence-corrected chi connectivity index (χ0v) is 10.5. The maximum Gasteiger partial charge on any atom is 0.156 e. The smallest absolute Gasteiger partial charge is 0.156 e. The summed E-state index contributed by atoms with van der Waals surface area (Å²) >= 11 is 4.60. The van der Waals surface area contributed by atoms with E-state index in [0.29, 0.717) is 9.50 Å². The fourth-order valence-electron chi connectivity index (χ4n) is 1.46. The van der Waals surface area contributed by atoms with Crippen LogP contribution in [0.5, 0.6) is 0 Å². The first-order chi connectivity index (χ1) is 7.25. The zero-order valence-electron chi connectivity index (χ0n) is 8.08. The van der Waals surface area contributed by atoms with Crippen LogP contribution in [0, 0.1) is 5.82 Å². The summed E-state index contributed by atoms with van der Waals surface area (Å²) in [5, 5.41) is 0.452. The summed E-state index contributed by atoms with van der Waals surface area (Å²) in [7, 11) is 0. The minimum absolute atomic E-state index is 0.264. The molecular formula is C10H11BrFNOS. The van der Waals surface area contributed by atoms with E-state index in [1.807, 2.05) is 0 Å². The molecule has 0 spiro atoms. The molecule has 2 heterocycles. The highest BCUT2D eigenvalue weighted by molar-refractivity contribution is 9.10. The number of thioether (sulfide) groups is 1. The highest BCUT2D eigenvalue weighted by Crippen LogP contribution is 2.25. The lowest BCUT2D eigenvalue weighted by Gasteiger charge is -2.08. The van der Waals surface area contributed by atoms with Crippen LogP contribution in [0.25, 0.3) is 0 Å². The van der Waals surface area contributed by atoms with Gasteiger partial charge in [-0.2, -0.15) is 0 Å². The van der Waals surface area contributed by atoms with Gasteiger partial charge in [0, 0.05) is 23.0 Å². The molecule has 0 saturated carbocycles. The minimum atomic E-state index is -0.271. The van der Waals surface area contributed by atoms with Crippen LogP contribution < -0.4 is 0 Å². The Morgan fingerprint density at radius 3 is 3.20 bits per heavy atom. The molecule has 1 aliphatic heterocycles. The van der Waals surface area contributed by atoms with Gasteiger partial charge < -0.3 is 4.74 Å². The Balaban J connectivity index is 1.92. The number of rotatable bonds is 3. The second-order valence-electron chi connectivity index (χ2n) is 3.39. The van der Waals surface area contributed by atoms with Crippen molar-refractivity contribution in [2.45, 2.75) is 24.0 Å².